The van der Waals surface area contributed by atoms with E-state index in [1.807, 2.05) is 24.3 Å². The van der Waals surface area contributed by atoms with Gasteiger partial charge in [0.1, 0.15) is 5.82 Å². The van der Waals surface area contributed by atoms with Gasteiger partial charge in [0.15, 0.2) is 0 Å². The second-order valence-electron chi connectivity index (χ2n) is 4.91. The number of hydrogen-bond donors (Lipinski definition) is 2. The Hall–Kier alpha value is -1.92. The fourth-order valence-electron chi connectivity index (χ4n) is 2.32. The summed E-state index contributed by atoms with van der Waals surface area (Å²) in [6.45, 7) is 0. The van der Waals surface area contributed by atoms with E-state index in [2.05, 4.69) is 20.9 Å². The SMILES string of the molecule is N=Cc1c(=O)[nH]c(SCc2ccccc2Br)c2cc(F)ccc12. The standard InChI is InChI=1S/C17H12BrFN2OS/c18-15-4-2-1-3-10(15)9-23-17-13-7-11(19)5-6-12(13)14(8-20)16(22)21-17/h1-8,20H,9H2,(H,21,22). The van der Waals surface area contributed by atoms with E-state index < -0.39 is 0 Å². The molecule has 0 radical (unpaired) electrons. The highest BCUT2D eigenvalue weighted by molar-refractivity contribution is 9.10. The van der Waals surface area contributed by atoms with Crippen LogP contribution in [0.4, 0.5) is 4.39 Å². The number of halogens is 2. The lowest BCUT2D eigenvalue weighted by molar-refractivity contribution is 0.629. The van der Waals surface area contributed by atoms with Gasteiger partial charge in [0.25, 0.3) is 5.56 Å². The molecule has 1 aromatic heterocycles. The molecule has 0 bridgehead atoms. The molecule has 0 amide bonds. The predicted molar refractivity (Wildman–Crippen MR) is 96.1 cm³/mol. The van der Waals surface area contributed by atoms with Crippen LogP contribution >= 0.6 is 27.7 Å². The number of aromatic nitrogens is 1. The predicted octanol–water partition coefficient (Wildman–Crippen LogP) is 4.72. The lowest BCUT2D eigenvalue weighted by Crippen LogP contribution is -2.13. The molecule has 0 saturated carbocycles. The molecule has 116 valence electrons. The van der Waals surface area contributed by atoms with Gasteiger partial charge in [0.2, 0.25) is 0 Å². The maximum atomic E-state index is 13.6. The zero-order chi connectivity index (χ0) is 16.4. The lowest BCUT2D eigenvalue weighted by atomic mass is 10.1. The first kappa shape index (κ1) is 16.0. The molecule has 0 aliphatic carbocycles. The molecule has 1 heterocycles. The van der Waals surface area contributed by atoms with Crippen molar-refractivity contribution in [2.24, 2.45) is 0 Å². The van der Waals surface area contributed by atoms with E-state index in [4.69, 9.17) is 5.41 Å². The molecule has 3 aromatic rings. The summed E-state index contributed by atoms with van der Waals surface area (Å²) < 4.78 is 14.6. The second kappa shape index (κ2) is 6.68. The van der Waals surface area contributed by atoms with Gasteiger partial charge in [-0.25, -0.2) is 4.39 Å². The summed E-state index contributed by atoms with van der Waals surface area (Å²) in [5.41, 5.74) is 0.984. The van der Waals surface area contributed by atoms with Crippen LogP contribution < -0.4 is 5.56 Å². The van der Waals surface area contributed by atoms with Crippen molar-refractivity contribution in [3.8, 4) is 0 Å². The van der Waals surface area contributed by atoms with Gasteiger partial charge in [0.05, 0.1) is 10.6 Å². The van der Waals surface area contributed by atoms with Gasteiger partial charge in [-0.2, -0.15) is 0 Å². The van der Waals surface area contributed by atoms with E-state index in [0.717, 1.165) is 16.3 Å². The fourth-order valence-corrected chi connectivity index (χ4v) is 3.97. The summed E-state index contributed by atoms with van der Waals surface area (Å²) in [6, 6.07) is 12.1. The Morgan fingerprint density at radius 2 is 2.00 bits per heavy atom. The average Bonchev–Trinajstić information content (AvgIpc) is 2.54. The average molecular weight is 391 g/mol. The molecule has 2 N–H and O–H groups in total. The van der Waals surface area contributed by atoms with E-state index in [1.165, 1.54) is 23.9 Å². The Kier molecular flexibility index (Phi) is 4.63. The monoisotopic (exact) mass is 390 g/mol. The summed E-state index contributed by atoms with van der Waals surface area (Å²) in [4.78, 5) is 14.9. The van der Waals surface area contributed by atoms with E-state index in [1.54, 1.807) is 6.07 Å². The van der Waals surface area contributed by atoms with E-state index in [9.17, 15) is 9.18 Å². The summed E-state index contributed by atoms with van der Waals surface area (Å²) in [7, 11) is 0. The van der Waals surface area contributed by atoms with Gasteiger partial charge < -0.3 is 10.4 Å². The van der Waals surface area contributed by atoms with Crippen LogP contribution in [0.3, 0.4) is 0 Å². The Morgan fingerprint density at radius 3 is 2.74 bits per heavy atom. The topological polar surface area (TPSA) is 56.7 Å². The van der Waals surface area contributed by atoms with Crippen molar-refractivity contribution in [1.82, 2.24) is 4.98 Å². The Bertz CT molecular complexity index is 955. The molecule has 0 unspecified atom stereocenters. The summed E-state index contributed by atoms with van der Waals surface area (Å²) >= 11 is 4.93. The van der Waals surface area contributed by atoms with Crippen LogP contribution in [0.15, 0.2) is 56.8 Å². The van der Waals surface area contributed by atoms with Gasteiger partial charge >= 0.3 is 0 Å². The number of rotatable bonds is 4. The first-order chi connectivity index (χ1) is 11.1. The molecule has 0 saturated heterocycles. The number of fused-ring (bicyclic) bond motifs is 1. The van der Waals surface area contributed by atoms with E-state index in [0.29, 0.717) is 21.6 Å². The van der Waals surface area contributed by atoms with Crippen LogP contribution in [0.1, 0.15) is 11.1 Å². The first-order valence-electron chi connectivity index (χ1n) is 6.82. The van der Waals surface area contributed by atoms with Crippen molar-refractivity contribution >= 4 is 44.7 Å². The maximum Gasteiger partial charge on any atom is 0.258 e. The molecule has 6 heteroatoms. The Morgan fingerprint density at radius 1 is 1.22 bits per heavy atom. The van der Waals surface area contributed by atoms with Crippen LogP contribution in [0.25, 0.3) is 10.8 Å². The lowest BCUT2D eigenvalue weighted by Gasteiger charge is -2.09. The molecule has 0 fully saturated rings. The summed E-state index contributed by atoms with van der Waals surface area (Å²) in [6.07, 6.45) is 1.00. The zero-order valence-corrected chi connectivity index (χ0v) is 14.3. The Labute approximate surface area is 144 Å². The molecule has 0 atom stereocenters. The van der Waals surface area contributed by atoms with Gasteiger partial charge in [0, 0.05) is 21.8 Å². The van der Waals surface area contributed by atoms with Crippen LogP contribution in [0.2, 0.25) is 0 Å². The van der Waals surface area contributed by atoms with Crippen molar-refractivity contribution in [2.75, 3.05) is 0 Å². The van der Waals surface area contributed by atoms with Crippen LogP contribution in [-0.4, -0.2) is 11.2 Å². The molecular weight excluding hydrogens is 379 g/mol. The number of aromatic amines is 1. The smallest absolute Gasteiger partial charge is 0.258 e. The van der Waals surface area contributed by atoms with Crippen LogP contribution in [0, 0.1) is 11.2 Å². The van der Waals surface area contributed by atoms with Crippen molar-refractivity contribution < 1.29 is 4.39 Å². The van der Waals surface area contributed by atoms with Crippen molar-refractivity contribution in [3.05, 3.63) is 74.2 Å². The minimum Gasteiger partial charge on any atom is -0.316 e. The minimum absolute atomic E-state index is 0.241. The van der Waals surface area contributed by atoms with Crippen LogP contribution in [-0.2, 0) is 5.75 Å². The molecule has 2 aromatic carbocycles. The van der Waals surface area contributed by atoms with Crippen LogP contribution in [0.5, 0.6) is 0 Å². The van der Waals surface area contributed by atoms with Gasteiger partial charge in [-0.15, -0.1) is 11.8 Å². The molecule has 3 rings (SSSR count). The zero-order valence-electron chi connectivity index (χ0n) is 11.9. The molecule has 0 aliphatic heterocycles. The summed E-state index contributed by atoms with van der Waals surface area (Å²) in [5.74, 6) is 0.260. The number of nitrogens with one attached hydrogen (secondary N) is 2. The number of H-pyrrole nitrogens is 1. The number of pyridine rings is 1. The molecule has 0 aliphatic rings. The van der Waals surface area contributed by atoms with E-state index in [-0.39, 0.29) is 16.9 Å². The van der Waals surface area contributed by atoms with E-state index >= 15 is 0 Å². The largest absolute Gasteiger partial charge is 0.316 e. The number of benzene rings is 2. The quantitative estimate of drug-likeness (QED) is 0.500. The molecular formula is C17H12BrFN2OS. The third-order valence-corrected chi connectivity index (χ3v) is 5.30. The molecule has 0 spiro atoms. The fraction of sp³-hybridized carbons (Fsp3) is 0.0588. The third kappa shape index (κ3) is 3.23. The van der Waals surface area contributed by atoms with Gasteiger partial charge in [-0.1, -0.05) is 40.2 Å². The highest BCUT2D eigenvalue weighted by atomic mass is 79.9. The highest BCUT2D eigenvalue weighted by Crippen LogP contribution is 2.31. The minimum atomic E-state index is -0.372. The molecule has 23 heavy (non-hydrogen) atoms. The Balaban J connectivity index is 2.07. The van der Waals surface area contributed by atoms with Gasteiger partial charge in [-0.05, 0) is 29.1 Å². The number of hydrogen-bond acceptors (Lipinski definition) is 3. The highest BCUT2D eigenvalue weighted by Gasteiger charge is 2.11. The number of thioether (sulfide) groups is 1. The second-order valence-corrected chi connectivity index (χ2v) is 6.75. The first-order valence-corrected chi connectivity index (χ1v) is 8.60. The van der Waals surface area contributed by atoms with Crippen molar-refractivity contribution in [2.45, 2.75) is 10.8 Å². The van der Waals surface area contributed by atoms with Crippen molar-refractivity contribution in [3.63, 3.8) is 0 Å². The van der Waals surface area contributed by atoms with Gasteiger partial charge in [-0.3, -0.25) is 4.79 Å². The third-order valence-electron chi connectivity index (χ3n) is 3.46. The maximum absolute atomic E-state index is 13.6. The normalized spacial score (nSPS) is 10.9. The van der Waals surface area contributed by atoms with Crippen molar-refractivity contribution in [1.29, 1.82) is 5.41 Å². The summed E-state index contributed by atoms with van der Waals surface area (Å²) in [5, 5.41) is 9.20. The molecule has 3 nitrogen and oxygen atoms in total.